The number of ether oxygens (including phenoxy) is 2. The van der Waals surface area contributed by atoms with Crippen molar-refractivity contribution < 1.29 is 29.4 Å². The highest BCUT2D eigenvalue weighted by atomic mass is 16.5. The van der Waals surface area contributed by atoms with Crippen LogP contribution in [0.1, 0.15) is 68.2 Å². The number of carbonyl (C=O) groups excluding carboxylic acids is 2. The van der Waals surface area contributed by atoms with Gasteiger partial charge in [0.2, 0.25) is 5.52 Å². The van der Waals surface area contributed by atoms with Crippen LogP contribution in [0.15, 0.2) is 24.4 Å². The number of esters is 2. The third-order valence-corrected chi connectivity index (χ3v) is 5.52. The van der Waals surface area contributed by atoms with Crippen LogP contribution in [-0.2, 0) is 9.47 Å². The van der Waals surface area contributed by atoms with Gasteiger partial charge in [-0.3, -0.25) is 0 Å². The smallest absolute Gasteiger partial charge is 0.346 e. The largest absolute Gasteiger partial charge is 0.465 e. The summed E-state index contributed by atoms with van der Waals surface area (Å²) in [5.74, 6) is -0.818. The Morgan fingerprint density at radius 3 is 2.43 bits per heavy atom. The van der Waals surface area contributed by atoms with Gasteiger partial charge in [0.1, 0.15) is 5.56 Å². The number of aromatic amines is 1. The molecule has 0 saturated carbocycles. The summed E-state index contributed by atoms with van der Waals surface area (Å²) in [6, 6.07) is 5.46. The van der Waals surface area contributed by atoms with Gasteiger partial charge in [-0.2, -0.15) is 0 Å². The summed E-state index contributed by atoms with van der Waals surface area (Å²) in [5, 5.41) is 6.81. The Labute approximate surface area is 177 Å². The highest BCUT2D eigenvalue weighted by molar-refractivity contribution is 6.05. The van der Waals surface area contributed by atoms with Crippen molar-refractivity contribution in [2.45, 2.75) is 64.6 Å². The zero-order valence-corrected chi connectivity index (χ0v) is 18.7. The van der Waals surface area contributed by atoms with Crippen molar-refractivity contribution in [1.29, 1.82) is 0 Å². The van der Waals surface area contributed by atoms with Crippen LogP contribution < -0.4 is 15.6 Å². The van der Waals surface area contributed by atoms with Gasteiger partial charge in [-0.1, -0.05) is 0 Å². The van der Waals surface area contributed by atoms with Crippen molar-refractivity contribution >= 4 is 28.5 Å². The Hall–Kier alpha value is -2.67. The molecule has 0 bridgehead atoms. The first-order valence-corrected chi connectivity index (χ1v) is 10.4. The zero-order chi connectivity index (χ0) is 22.1. The van der Waals surface area contributed by atoms with Crippen LogP contribution in [0.4, 0.5) is 5.69 Å². The molecule has 0 radical (unpaired) electrons. The van der Waals surface area contributed by atoms with E-state index >= 15 is 0 Å². The fourth-order valence-electron chi connectivity index (χ4n) is 4.84. The number of pyridine rings is 1. The maximum atomic E-state index is 12.7. The number of piperidine rings is 1. The second kappa shape index (κ2) is 8.22. The van der Waals surface area contributed by atoms with Crippen LogP contribution in [-0.4, -0.2) is 42.8 Å². The van der Waals surface area contributed by atoms with Gasteiger partial charge in [-0.25, -0.2) is 14.6 Å². The van der Waals surface area contributed by atoms with Crippen LogP contribution in [0, 0.1) is 0 Å². The summed E-state index contributed by atoms with van der Waals surface area (Å²) < 4.78 is 10.2. The number of benzene rings is 1. The molecule has 0 atom stereocenters. The van der Waals surface area contributed by atoms with E-state index in [1.54, 1.807) is 25.3 Å². The number of rotatable bonds is 5. The Bertz CT molecular complexity index is 952. The molecule has 1 aliphatic rings. The minimum absolute atomic E-state index is 0.0669. The first kappa shape index (κ1) is 22.0. The van der Waals surface area contributed by atoms with Crippen molar-refractivity contribution in [3.8, 4) is 0 Å². The third-order valence-electron chi connectivity index (χ3n) is 5.52. The summed E-state index contributed by atoms with van der Waals surface area (Å²) in [6.07, 6.45) is 3.55. The lowest BCUT2D eigenvalue weighted by atomic mass is 9.79. The van der Waals surface area contributed by atoms with E-state index in [4.69, 9.17) is 9.47 Å². The number of anilines is 1. The summed E-state index contributed by atoms with van der Waals surface area (Å²) in [7, 11) is 1.36. The molecule has 3 rings (SSSR count). The molecule has 7 nitrogen and oxygen atoms in total. The molecule has 0 spiro atoms. The van der Waals surface area contributed by atoms with Gasteiger partial charge >= 0.3 is 11.9 Å². The molecule has 1 saturated heterocycles. The number of aromatic nitrogens is 1. The lowest BCUT2D eigenvalue weighted by Gasteiger charge is -2.43. The minimum atomic E-state index is -0.418. The third kappa shape index (κ3) is 4.73. The number of fused-ring (bicyclic) bond motifs is 1. The molecule has 1 fully saturated rings. The summed E-state index contributed by atoms with van der Waals surface area (Å²) in [4.78, 5) is 28.0. The number of hydrogen-bond acceptors (Lipinski definition) is 5. The van der Waals surface area contributed by atoms with Crippen molar-refractivity contribution in [2.24, 2.45) is 0 Å². The SMILES string of the molecule is CCOC(=O)c1c[nH+]c2ccc(C(=O)OC)cc2c1NC1CC(C)(C)[NH2+]C(C)(C)C1. The van der Waals surface area contributed by atoms with E-state index < -0.39 is 11.9 Å². The molecule has 4 N–H and O–H groups in total. The monoisotopic (exact) mass is 415 g/mol. The Morgan fingerprint density at radius 2 is 1.83 bits per heavy atom. The molecule has 162 valence electrons. The second-order valence-electron chi connectivity index (χ2n) is 9.42. The second-order valence-corrected chi connectivity index (χ2v) is 9.42. The first-order chi connectivity index (χ1) is 14.0. The average molecular weight is 416 g/mol. The number of hydrogen-bond donors (Lipinski definition) is 2. The van der Waals surface area contributed by atoms with Gasteiger partial charge in [0.05, 0.1) is 41.4 Å². The first-order valence-electron chi connectivity index (χ1n) is 10.4. The number of quaternary nitrogens is 1. The van der Waals surface area contributed by atoms with Crippen LogP contribution in [0.5, 0.6) is 0 Å². The molecule has 0 aliphatic carbocycles. The maximum absolute atomic E-state index is 12.7. The van der Waals surface area contributed by atoms with Gasteiger partial charge in [-0.15, -0.1) is 0 Å². The van der Waals surface area contributed by atoms with Gasteiger partial charge in [0.15, 0.2) is 6.20 Å². The van der Waals surface area contributed by atoms with Gasteiger partial charge < -0.3 is 20.1 Å². The molecule has 30 heavy (non-hydrogen) atoms. The molecule has 0 amide bonds. The van der Waals surface area contributed by atoms with Gasteiger partial charge in [0, 0.05) is 24.9 Å². The predicted octanol–water partition coefficient (Wildman–Crippen LogP) is 2.31. The van der Waals surface area contributed by atoms with Gasteiger partial charge in [-0.05, 0) is 46.8 Å². The van der Waals surface area contributed by atoms with E-state index in [0.29, 0.717) is 16.8 Å². The highest BCUT2D eigenvalue weighted by Gasteiger charge is 2.42. The number of nitrogens with two attached hydrogens (primary N) is 1. The molecule has 2 aromatic rings. The topological polar surface area (TPSA) is 95.4 Å². The van der Waals surface area contributed by atoms with Crippen LogP contribution >= 0.6 is 0 Å². The maximum Gasteiger partial charge on any atom is 0.346 e. The van der Waals surface area contributed by atoms with E-state index in [9.17, 15) is 9.59 Å². The van der Waals surface area contributed by atoms with E-state index in [1.165, 1.54) is 7.11 Å². The number of methoxy groups -OCH3 is 1. The quantitative estimate of drug-likeness (QED) is 0.731. The number of carbonyl (C=O) groups is 2. The minimum Gasteiger partial charge on any atom is -0.465 e. The standard InChI is InChI=1S/C23H31N3O4/c1-7-30-21(28)17-13-24-18-9-8-14(20(27)29-6)10-16(18)19(17)25-15-11-22(2,3)26-23(4,5)12-15/h8-10,13,15,26H,7,11-12H2,1-6H3,(H,24,25)/p+2. The van der Waals surface area contributed by atoms with Crippen molar-refractivity contribution in [3.63, 3.8) is 0 Å². The molecule has 1 aromatic carbocycles. The Balaban J connectivity index is 2.11. The van der Waals surface area contributed by atoms with E-state index in [-0.39, 0.29) is 23.7 Å². The zero-order valence-electron chi connectivity index (χ0n) is 18.7. The van der Waals surface area contributed by atoms with E-state index in [1.807, 2.05) is 6.07 Å². The van der Waals surface area contributed by atoms with Crippen LogP contribution in [0.25, 0.3) is 10.9 Å². The van der Waals surface area contributed by atoms with Crippen molar-refractivity contribution in [1.82, 2.24) is 0 Å². The van der Waals surface area contributed by atoms with E-state index in [2.05, 4.69) is 43.3 Å². The Kier molecular flexibility index (Phi) is 6.04. The lowest BCUT2D eigenvalue weighted by molar-refractivity contribution is -0.787. The van der Waals surface area contributed by atoms with Gasteiger partial charge in [0.25, 0.3) is 0 Å². The molecule has 2 heterocycles. The molecular weight excluding hydrogens is 382 g/mol. The number of nitrogens with one attached hydrogen (secondary N) is 2. The van der Waals surface area contributed by atoms with Crippen LogP contribution in [0.2, 0.25) is 0 Å². The normalized spacial score (nSPS) is 18.1. The van der Waals surface area contributed by atoms with Crippen molar-refractivity contribution in [3.05, 3.63) is 35.5 Å². The highest BCUT2D eigenvalue weighted by Crippen LogP contribution is 2.31. The lowest BCUT2D eigenvalue weighted by Crippen LogP contribution is -3.06. The summed E-state index contributed by atoms with van der Waals surface area (Å²) in [5.41, 5.74) is 2.50. The fraction of sp³-hybridized carbons (Fsp3) is 0.522. The van der Waals surface area contributed by atoms with Crippen molar-refractivity contribution in [2.75, 3.05) is 19.0 Å². The Morgan fingerprint density at radius 1 is 1.17 bits per heavy atom. The summed E-state index contributed by atoms with van der Waals surface area (Å²) in [6.45, 7) is 11.0. The van der Waals surface area contributed by atoms with Crippen LogP contribution in [0.3, 0.4) is 0 Å². The summed E-state index contributed by atoms with van der Waals surface area (Å²) >= 11 is 0. The molecule has 1 aromatic heterocycles. The van der Waals surface area contributed by atoms with E-state index in [0.717, 1.165) is 23.7 Å². The molecule has 0 unspecified atom stereocenters. The average Bonchev–Trinajstić information content (AvgIpc) is 2.64. The molecule has 7 heteroatoms. The molecule has 1 aliphatic heterocycles. The predicted molar refractivity (Wildman–Crippen MR) is 115 cm³/mol. The number of H-pyrrole nitrogens is 1. The fourth-order valence-corrected chi connectivity index (χ4v) is 4.84. The molecular formula is C23H33N3O4+2.